The van der Waals surface area contributed by atoms with E-state index in [1.54, 1.807) is 14.0 Å². The van der Waals surface area contributed by atoms with E-state index in [0.717, 1.165) is 11.3 Å². The molecule has 0 spiro atoms. The van der Waals surface area contributed by atoms with Crippen LogP contribution in [0.1, 0.15) is 25.5 Å². The van der Waals surface area contributed by atoms with Crippen LogP contribution in [-0.2, 0) is 9.84 Å². The number of sulfone groups is 1. The molecule has 0 amide bonds. The van der Waals surface area contributed by atoms with Crippen LogP contribution in [0.25, 0.3) is 0 Å². The highest BCUT2D eigenvalue weighted by atomic mass is 32.2. The second kappa shape index (κ2) is 4.90. The fourth-order valence-electron chi connectivity index (χ4n) is 2.38. The molecule has 5 heteroatoms. The first kappa shape index (κ1) is 13.4. The van der Waals surface area contributed by atoms with Crippen molar-refractivity contribution in [3.63, 3.8) is 0 Å². The van der Waals surface area contributed by atoms with E-state index in [1.807, 2.05) is 31.2 Å². The third-order valence-electron chi connectivity index (χ3n) is 3.46. The van der Waals surface area contributed by atoms with E-state index in [9.17, 15) is 8.42 Å². The summed E-state index contributed by atoms with van der Waals surface area (Å²) in [5.74, 6) is 0.985. The zero-order chi connectivity index (χ0) is 13.3. The number of ether oxygens (including phenoxy) is 1. The first-order valence-corrected chi connectivity index (χ1v) is 7.77. The zero-order valence-electron chi connectivity index (χ0n) is 10.9. The number of methoxy groups -OCH3 is 1. The predicted octanol–water partition coefficient (Wildman–Crippen LogP) is 1.53. The summed E-state index contributed by atoms with van der Waals surface area (Å²) in [7, 11) is -1.40. The molecule has 1 aromatic carbocycles. The Kier molecular flexibility index (Phi) is 3.64. The van der Waals surface area contributed by atoms with Gasteiger partial charge in [-0.1, -0.05) is 12.1 Å². The molecular formula is C13H19NO3S. The summed E-state index contributed by atoms with van der Waals surface area (Å²) in [6, 6.07) is 7.38. The summed E-state index contributed by atoms with van der Waals surface area (Å²) in [4.78, 5) is 0. The monoisotopic (exact) mass is 269 g/mol. The van der Waals surface area contributed by atoms with Gasteiger partial charge in [-0.3, -0.25) is 0 Å². The van der Waals surface area contributed by atoms with Crippen LogP contribution in [0, 0.1) is 0 Å². The molecule has 18 heavy (non-hydrogen) atoms. The van der Waals surface area contributed by atoms with E-state index in [-0.39, 0.29) is 17.8 Å². The van der Waals surface area contributed by atoms with Gasteiger partial charge in [0.1, 0.15) is 5.75 Å². The molecule has 1 heterocycles. The van der Waals surface area contributed by atoms with Gasteiger partial charge in [-0.05, 0) is 31.5 Å². The molecule has 1 aromatic rings. The molecular weight excluding hydrogens is 250 g/mol. The van der Waals surface area contributed by atoms with Gasteiger partial charge in [0.2, 0.25) is 0 Å². The molecule has 3 atom stereocenters. The lowest BCUT2D eigenvalue weighted by atomic mass is 10.0. The summed E-state index contributed by atoms with van der Waals surface area (Å²) < 4.78 is 29.2. The fourth-order valence-corrected chi connectivity index (χ4v) is 4.12. The quantitative estimate of drug-likeness (QED) is 0.884. The first-order chi connectivity index (χ1) is 8.44. The summed E-state index contributed by atoms with van der Waals surface area (Å²) in [6.07, 6.45) is 0. The molecule has 0 radical (unpaired) electrons. The van der Waals surface area contributed by atoms with Gasteiger partial charge in [0.05, 0.1) is 18.1 Å². The highest BCUT2D eigenvalue weighted by Crippen LogP contribution is 2.28. The van der Waals surface area contributed by atoms with E-state index >= 15 is 0 Å². The van der Waals surface area contributed by atoms with Crippen LogP contribution in [0.2, 0.25) is 0 Å². The Labute approximate surface area is 108 Å². The van der Waals surface area contributed by atoms with Gasteiger partial charge in [0, 0.05) is 12.1 Å². The van der Waals surface area contributed by atoms with Crippen LogP contribution in [0.3, 0.4) is 0 Å². The van der Waals surface area contributed by atoms with Gasteiger partial charge in [0.25, 0.3) is 0 Å². The van der Waals surface area contributed by atoms with E-state index in [4.69, 9.17) is 4.74 Å². The van der Waals surface area contributed by atoms with Crippen molar-refractivity contribution in [3.05, 3.63) is 29.8 Å². The van der Waals surface area contributed by atoms with Gasteiger partial charge in [0.15, 0.2) is 9.84 Å². The number of benzene rings is 1. The molecule has 1 aliphatic heterocycles. The van der Waals surface area contributed by atoms with Crippen LogP contribution in [0.4, 0.5) is 0 Å². The van der Waals surface area contributed by atoms with Crippen molar-refractivity contribution in [2.24, 2.45) is 0 Å². The normalized spacial score (nSPS) is 30.9. The minimum atomic E-state index is -3.02. The van der Waals surface area contributed by atoms with Crippen LogP contribution < -0.4 is 10.1 Å². The Bertz CT molecular complexity index is 510. The first-order valence-electron chi connectivity index (χ1n) is 6.05. The third kappa shape index (κ3) is 2.52. The molecule has 0 saturated carbocycles. The minimum Gasteiger partial charge on any atom is -0.497 e. The van der Waals surface area contributed by atoms with E-state index in [1.165, 1.54) is 0 Å². The smallest absolute Gasteiger partial charge is 0.156 e. The maximum absolute atomic E-state index is 12.0. The molecule has 0 aromatic heterocycles. The second-order valence-corrected chi connectivity index (χ2v) is 7.26. The number of hydrogen-bond donors (Lipinski definition) is 1. The number of hydrogen-bond acceptors (Lipinski definition) is 4. The predicted molar refractivity (Wildman–Crippen MR) is 71.6 cm³/mol. The molecule has 4 nitrogen and oxygen atoms in total. The average Bonchev–Trinajstić information content (AvgIpc) is 2.33. The van der Waals surface area contributed by atoms with Crippen molar-refractivity contribution in [2.45, 2.75) is 31.2 Å². The van der Waals surface area contributed by atoms with Crippen LogP contribution in [0.15, 0.2) is 24.3 Å². The van der Waals surface area contributed by atoms with Crippen molar-refractivity contribution in [3.8, 4) is 5.75 Å². The highest BCUT2D eigenvalue weighted by molar-refractivity contribution is 7.92. The Morgan fingerprint density at radius 2 is 1.83 bits per heavy atom. The van der Waals surface area contributed by atoms with Crippen LogP contribution >= 0.6 is 0 Å². The van der Waals surface area contributed by atoms with Crippen molar-refractivity contribution >= 4 is 9.84 Å². The maximum Gasteiger partial charge on any atom is 0.156 e. The highest BCUT2D eigenvalue weighted by Gasteiger charge is 2.37. The SMILES string of the molecule is COc1ccc(C2NC(C)CS(=O)(=O)C2C)cc1. The second-order valence-electron chi connectivity index (χ2n) is 4.85. The van der Waals surface area contributed by atoms with Crippen molar-refractivity contribution in [2.75, 3.05) is 12.9 Å². The van der Waals surface area contributed by atoms with Crippen LogP contribution in [0.5, 0.6) is 5.75 Å². The standard InChI is InChI=1S/C13H19NO3S/c1-9-8-18(15,16)10(2)13(14-9)11-4-6-12(17-3)7-5-11/h4-7,9-10,13-14H,8H2,1-3H3. The Morgan fingerprint density at radius 3 is 2.39 bits per heavy atom. The zero-order valence-corrected chi connectivity index (χ0v) is 11.7. The molecule has 0 aliphatic carbocycles. The third-order valence-corrected chi connectivity index (χ3v) is 5.83. The lowest BCUT2D eigenvalue weighted by molar-refractivity contribution is 0.412. The summed E-state index contributed by atoms with van der Waals surface area (Å²) >= 11 is 0. The van der Waals surface area contributed by atoms with Gasteiger partial charge in [-0.15, -0.1) is 0 Å². The average molecular weight is 269 g/mol. The molecule has 2 rings (SSSR count). The van der Waals surface area contributed by atoms with Crippen molar-refractivity contribution < 1.29 is 13.2 Å². The van der Waals surface area contributed by atoms with Crippen molar-refractivity contribution in [1.29, 1.82) is 0 Å². The number of nitrogens with one attached hydrogen (secondary N) is 1. The molecule has 100 valence electrons. The summed E-state index contributed by atoms with van der Waals surface area (Å²) in [5.41, 5.74) is 0.985. The molecule has 1 saturated heterocycles. The Hall–Kier alpha value is -1.07. The van der Waals surface area contributed by atoms with Gasteiger partial charge < -0.3 is 10.1 Å². The fraction of sp³-hybridized carbons (Fsp3) is 0.538. The minimum absolute atomic E-state index is 0.0155. The molecule has 0 bridgehead atoms. The van der Waals surface area contributed by atoms with Gasteiger partial charge in [-0.25, -0.2) is 8.42 Å². The summed E-state index contributed by atoms with van der Waals surface area (Å²) in [6.45, 7) is 3.67. The van der Waals surface area contributed by atoms with E-state index < -0.39 is 15.1 Å². The number of rotatable bonds is 2. The Balaban J connectivity index is 2.30. The lowest BCUT2D eigenvalue weighted by Crippen LogP contribution is -2.50. The van der Waals surface area contributed by atoms with E-state index in [0.29, 0.717) is 0 Å². The van der Waals surface area contributed by atoms with Gasteiger partial charge in [-0.2, -0.15) is 0 Å². The van der Waals surface area contributed by atoms with Crippen molar-refractivity contribution in [1.82, 2.24) is 5.32 Å². The van der Waals surface area contributed by atoms with Gasteiger partial charge >= 0.3 is 0 Å². The maximum atomic E-state index is 12.0. The van der Waals surface area contributed by atoms with Crippen LogP contribution in [-0.4, -0.2) is 32.6 Å². The summed E-state index contributed by atoms with van der Waals surface area (Å²) in [5, 5.41) is 2.95. The Morgan fingerprint density at radius 1 is 1.22 bits per heavy atom. The largest absolute Gasteiger partial charge is 0.497 e. The topological polar surface area (TPSA) is 55.4 Å². The van der Waals surface area contributed by atoms with E-state index in [2.05, 4.69) is 5.32 Å². The molecule has 3 unspecified atom stereocenters. The molecule has 1 N–H and O–H groups in total. The molecule has 1 aliphatic rings. The molecule has 1 fully saturated rings. The lowest BCUT2D eigenvalue weighted by Gasteiger charge is -2.34.